The molecule has 1 aliphatic heterocycles. The summed E-state index contributed by atoms with van der Waals surface area (Å²) in [6.07, 6.45) is 2.11. The minimum Gasteiger partial charge on any atom is -0.310 e. The molecule has 1 aromatic heterocycles. The minimum atomic E-state index is -0.283. The highest BCUT2D eigenvalue weighted by molar-refractivity contribution is 5.94. The van der Waals surface area contributed by atoms with E-state index in [-0.39, 0.29) is 17.6 Å². The Morgan fingerprint density at radius 3 is 2.54 bits per heavy atom. The number of benzene rings is 2. The van der Waals surface area contributed by atoms with Gasteiger partial charge in [-0.1, -0.05) is 29.8 Å². The van der Waals surface area contributed by atoms with Crippen LogP contribution in [0.3, 0.4) is 0 Å². The van der Waals surface area contributed by atoms with E-state index in [0.717, 1.165) is 22.4 Å². The van der Waals surface area contributed by atoms with Gasteiger partial charge in [-0.05, 0) is 36.8 Å². The lowest BCUT2D eigenvalue weighted by atomic mass is 9.87. The topological polar surface area (TPSA) is 46.9 Å². The van der Waals surface area contributed by atoms with Crippen molar-refractivity contribution in [1.82, 2.24) is 9.78 Å². The van der Waals surface area contributed by atoms with E-state index in [9.17, 15) is 9.18 Å². The van der Waals surface area contributed by atoms with Gasteiger partial charge < -0.3 is 5.32 Å². The number of amides is 1. The number of fused-ring (bicyclic) bond motifs is 1. The summed E-state index contributed by atoms with van der Waals surface area (Å²) in [5, 5.41) is 7.37. The molecule has 4 nitrogen and oxygen atoms in total. The number of carbonyl (C=O) groups excluding carboxylic acids is 1. The molecular weight excluding hydrogens is 305 g/mol. The molecule has 3 aromatic rings. The number of aryl methyl sites for hydroxylation is 1. The number of nitrogens with zero attached hydrogens (tertiary/aromatic N) is 2. The predicted molar refractivity (Wildman–Crippen MR) is 89.8 cm³/mol. The summed E-state index contributed by atoms with van der Waals surface area (Å²) in [5.74, 6) is 0.221. The number of carbonyl (C=O) groups is 1. The van der Waals surface area contributed by atoms with Gasteiger partial charge in [-0.25, -0.2) is 9.07 Å². The van der Waals surface area contributed by atoms with E-state index in [2.05, 4.69) is 10.4 Å². The molecule has 1 unspecified atom stereocenters. The zero-order chi connectivity index (χ0) is 16.7. The molecule has 0 aliphatic carbocycles. The molecule has 0 saturated heterocycles. The summed E-state index contributed by atoms with van der Waals surface area (Å²) in [6.45, 7) is 2.02. The van der Waals surface area contributed by atoms with Gasteiger partial charge >= 0.3 is 0 Å². The Labute approximate surface area is 138 Å². The van der Waals surface area contributed by atoms with E-state index >= 15 is 0 Å². The Hall–Kier alpha value is -2.95. The summed E-state index contributed by atoms with van der Waals surface area (Å²) in [7, 11) is 0. The average molecular weight is 321 g/mol. The largest absolute Gasteiger partial charge is 0.310 e. The molecule has 4 rings (SSSR count). The van der Waals surface area contributed by atoms with Crippen LogP contribution in [0.25, 0.3) is 5.69 Å². The number of nitrogens with one attached hydrogen (secondary N) is 1. The SMILES string of the molecule is Cc1ccc(-n2ncc3c2NC(=O)CC3c2ccc(F)cc2)cc1. The minimum absolute atomic E-state index is 0.0642. The van der Waals surface area contributed by atoms with Crippen LogP contribution in [0.4, 0.5) is 10.2 Å². The summed E-state index contributed by atoms with van der Waals surface area (Å²) < 4.78 is 14.9. The number of hydrogen-bond donors (Lipinski definition) is 1. The molecule has 0 radical (unpaired) electrons. The van der Waals surface area contributed by atoms with Gasteiger partial charge in [0.1, 0.15) is 11.6 Å². The maximum absolute atomic E-state index is 13.2. The standard InChI is InChI=1S/C19H16FN3O/c1-12-2-8-15(9-3-12)23-19-17(11-21-23)16(10-18(24)22-19)13-4-6-14(20)7-5-13/h2-9,11,16H,10H2,1H3,(H,22,24). The van der Waals surface area contributed by atoms with Crippen LogP contribution in [0.15, 0.2) is 54.7 Å². The van der Waals surface area contributed by atoms with Gasteiger partial charge in [0, 0.05) is 17.9 Å². The molecule has 5 heteroatoms. The van der Waals surface area contributed by atoms with Crippen molar-refractivity contribution in [1.29, 1.82) is 0 Å². The molecule has 2 heterocycles. The van der Waals surface area contributed by atoms with Crippen molar-refractivity contribution in [3.63, 3.8) is 0 Å². The zero-order valence-electron chi connectivity index (χ0n) is 13.2. The molecule has 1 atom stereocenters. The second-order valence-corrected chi connectivity index (χ2v) is 6.05. The highest BCUT2D eigenvalue weighted by Gasteiger charge is 2.30. The quantitative estimate of drug-likeness (QED) is 0.780. The first-order chi connectivity index (χ1) is 11.6. The van der Waals surface area contributed by atoms with E-state index in [4.69, 9.17) is 0 Å². The fourth-order valence-electron chi connectivity index (χ4n) is 3.09. The highest BCUT2D eigenvalue weighted by atomic mass is 19.1. The zero-order valence-corrected chi connectivity index (χ0v) is 13.2. The predicted octanol–water partition coefficient (Wildman–Crippen LogP) is 3.79. The van der Waals surface area contributed by atoms with Crippen molar-refractivity contribution < 1.29 is 9.18 Å². The second-order valence-electron chi connectivity index (χ2n) is 6.05. The van der Waals surface area contributed by atoms with Crippen LogP contribution in [0, 0.1) is 12.7 Å². The number of anilines is 1. The first kappa shape index (κ1) is 14.6. The second kappa shape index (κ2) is 5.60. The molecule has 2 aromatic carbocycles. The van der Waals surface area contributed by atoms with Crippen LogP contribution in [-0.2, 0) is 4.79 Å². The van der Waals surface area contributed by atoms with Crippen molar-refractivity contribution in [2.75, 3.05) is 5.32 Å². The van der Waals surface area contributed by atoms with Crippen molar-refractivity contribution >= 4 is 11.7 Å². The van der Waals surface area contributed by atoms with Gasteiger partial charge in [0.15, 0.2) is 0 Å². The van der Waals surface area contributed by atoms with Gasteiger partial charge in [-0.2, -0.15) is 5.10 Å². The van der Waals surface area contributed by atoms with Gasteiger partial charge in [-0.3, -0.25) is 4.79 Å². The molecule has 1 aliphatic rings. The van der Waals surface area contributed by atoms with Crippen LogP contribution >= 0.6 is 0 Å². The lowest BCUT2D eigenvalue weighted by molar-refractivity contribution is -0.116. The van der Waals surface area contributed by atoms with E-state index in [1.807, 2.05) is 31.2 Å². The fraction of sp³-hybridized carbons (Fsp3) is 0.158. The molecule has 120 valence electrons. The van der Waals surface area contributed by atoms with Crippen LogP contribution in [0.1, 0.15) is 29.0 Å². The summed E-state index contributed by atoms with van der Waals surface area (Å²) in [4.78, 5) is 12.2. The third kappa shape index (κ3) is 2.48. The number of halogens is 1. The molecule has 0 saturated carbocycles. The number of hydrogen-bond acceptors (Lipinski definition) is 2. The van der Waals surface area contributed by atoms with Crippen LogP contribution in [0.2, 0.25) is 0 Å². The molecule has 1 N–H and O–H groups in total. The highest BCUT2D eigenvalue weighted by Crippen LogP contribution is 2.37. The lowest BCUT2D eigenvalue weighted by Crippen LogP contribution is -2.24. The Balaban J connectivity index is 1.80. The summed E-state index contributed by atoms with van der Waals surface area (Å²) in [5.41, 5.74) is 3.91. The number of aromatic nitrogens is 2. The van der Waals surface area contributed by atoms with Crippen molar-refractivity contribution in [3.8, 4) is 5.69 Å². The van der Waals surface area contributed by atoms with Crippen LogP contribution < -0.4 is 5.32 Å². The third-order valence-corrected chi connectivity index (χ3v) is 4.37. The lowest BCUT2D eigenvalue weighted by Gasteiger charge is -2.23. The van der Waals surface area contributed by atoms with E-state index < -0.39 is 0 Å². The van der Waals surface area contributed by atoms with E-state index in [0.29, 0.717) is 12.2 Å². The first-order valence-corrected chi connectivity index (χ1v) is 7.82. The summed E-state index contributed by atoms with van der Waals surface area (Å²) in [6, 6.07) is 14.2. The normalized spacial score (nSPS) is 16.6. The smallest absolute Gasteiger partial charge is 0.226 e. The van der Waals surface area contributed by atoms with Crippen LogP contribution in [0.5, 0.6) is 0 Å². The fourth-order valence-corrected chi connectivity index (χ4v) is 3.09. The van der Waals surface area contributed by atoms with Gasteiger partial charge in [-0.15, -0.1) is 0 Å². The third-order valence-electron chi connectivity index (χ3n) is 4.37. The summed E-state index contributed by atoms with van der Waals surface area (Å²) >= 11 is 0. The maximum Gasteiger partial charge on any atom is 0.226 e. The molecular formula is C19H16FN3O. The molecule has 24 heavy (non-hydrogen) atoms. The molecule has 0 fully saturated rings. The monoisotopic (exact) mass is 321 g/mol. The first-order valence-electron chi connectivity index (χ1n) is 7.82. The maximum atomic E-state index is 13.2. The van der Waals surface area contributed by atoms with Gasteiger partial charge in [0.05, 0.1) is 11.9 Å². The van der Waals surface area contributed by atoms with E-state index in [1.54, 1.807) is 23.0 Å². The molecule has 0 bridgehead atoms. The Bertz CT molecular complexity index is 897. The van der Waals surface area contributed by atoms with Crippen molar-refractivity contribution in [2.24, 2.45) is 0 Å². The average Bonchev–Trinajstić information content (AvgIpc) is 2.99. The Morgan fingerprint density at radius 2 is 1.83 bits per heavy atom. The Morgan fingerprint density at radius 1 is 1.12 bits per heavy atom. The van der Waals surface area contributed by atoms with Gasteiger partial charge in [0.2, 0.25) is 5.91 Å². The Kier molecular flexibility index (Phi) is 3.41. The van der Waals surface area contributed by atoms with Crippen molar-refractivity contribution in [3.05, 3.63) is 77.2 Å². The molecule has 0 spiro atoms. The van der Waals surface area contributed by atoms with Crippen LogP contribution in [-0.4, -0.2) is 15.7 Å². The number of rotatable bonds is 2. The van der Waals surface area contributed by atoms with Gasteiger partial charge in [0.25, 0.3) is 0 Å². The molecule has 1 amide bonds. The van der Waals surface area contributed by atoms with E-state index in [1.165, 1.54) is 12.1 Å². The van der Waals surface area contributed by atoms with Crippen molar-refractivity contribution in [2.45, 2.75) is 19.3 Å².